The van der Waals surface area contributed by atoms with E-state index in [-0.39, 0.29) is 21.1 Å². The minimum Gasteiger partial charge on any atom is -0.239 e. The van der Waals surface area contributed by atoms with Gasteiger partial charge in [-0.3, -0.25) is 0 Å². The average molecular weight is 321 g/mol. The van der Waals surface area contributed by atoms with Gasteiger partial charge in [0.05, 0.1) is 8.52 Å². The van der Waals surface area contributed by atoms with Crippen LogP contribution in [0.15, 0.2) is 4.52 Å². The largest absolute Gasteiger partial charge is 0.239 e. The fourth-order valence-electron chi connectivity index (χ4n) is 0.0333. The zero-order chi connectivity index (χ0) is 4.12. The molecule has 6 heavy (non-hydrogen) atoms. The van der Waals surface area contributed by atoms with Crippen LogP contribution in [0.2, 0.25) is 0 Å². The molecular weight excluding hydrogens is 316 g/mol. The summed E-state index contributed by atoms with van der Waals surface area (Å²) in [6.45, 7) is 0. The summed E-state index contributed by atoms with van der Waals surface area (Å²) >= 11 is 0. The van der Waals surface area contributed by atoms with Crippen LogP contribution < -0.4 is 4.86 Å². The van der Waals surface area contributed by atoms with Crippen molar-refractivity contribution >= 4 is 27.3 Å². The Morgan fingerprint density at radius 1 is 1.67 bits per heavy atom. The monoisotopic (exact) mass is 321 g/mol. The Morgan fingerprint density at radius 2 is 2.17 bits per heavy atom. The van der Waals surface area contributed by atoms with E-state index in [0.717, 1.165) is 8.52 Å². The van der Waals surface area contributed by atoms with Crippen molar-refractivity contribution in [1.82, 2.24) is 4.86 Å². The number of nitrogens with zero attached hydrogens (tertiary/aromatic N) is 1. The fourth-order valence-corrected chi connectivity index (χ4v) is 0.900. The SMILES string of the molecule is PN=PNP.[Pt]. The van der Waals surface area contributed by atoms with Crippen molar-refractivity contribution in [3.8, 4) is 0 Å². The quantitative estimate of drug-likeness (QED) is 0.721. The van der Waals surface area contributed by atoms with Gasteiger partial charge in [-0.05, 0) is 9.39 Å². The van der Waals surface area contributed by atoms with Crippen molar-refractivity contribution in [3.63, 3.8) is 0 Å². The second-order valence-electron chi connectivity index (χ2n) is 0.345. The van der Waals surface area contributed by atoms with Crippen LogP contribution in [-0.2, 0) is 21.1 Å². The van der Waals surface area contributed by atoms with Crippen LogP contribution in [0.1, 0.15) is 0 Å². The van der Waals surface area contributed by atoms with Gasteiger partial charge in [0.15, 0.2) is 0 Å². The van der Waals surface area contributed by atoms with E-state index in [1.807, 2.05) is 0 Å². The summed E-state index contributed by atoms with van der Waals surface area (Å²) in [7, 11) is 5.45. The molecule has 0 bridgehead atoms. The maximum absolute atomic E-state index is 3.61. The van der Waals surface area contributed by atoms with E-state index in [9.17, 15) is 0 Å². The van der Waals surface area contributed by atoms with Crippen molar-refractivity contribution in [2.75, 3.05) is 0 Å². The van der Waals surface area contributed by atoms with Crippen LogP contribution in [0.25, 0.3) is 0 Å². The molecule has 0 aliphatic heterocycles. The molecule has 0 heterocycles. The molecule has 0 aromatic carbocycles. The Labute approximate surface area is 58.0 Å². The predicted octanol–water partition coefficient (Wildman–Crippen LogP) is 1.20. The Kier molecular flexibility index (Phi) is 17.2. The van der Waals surface area contributed by atoms with Crippen LogP contribution in [0.3, 0.4) is 0 Å². The molecule has 1 N–H and O–H groups in total. The van der Waals surface area contributed by atoms with Crippen molar-refractivity contribution in [2.24, 2.45) is 4.52 Å². The fraction of sp³-hybridized carbons (Fsp3) is 0. The zero-order valence-electron chi connectivity index (χ0n) is 2.87. The van der Waals surface area contributed by atoms with Gasteiger partial charge in [-0.1, -0.05) is 9.39 Å². The van der Waals surface area contributed by atoms with Crippen LogP contribution in [-0.4, -0.2) is 0 Å². The summed E-state index contributed by atoms with van der Waals surface area (Å²) in [6, 6.07) is 0. The van der Waals surface area contributed by atoms with E-state index in [4.69, 9.17) is 0 Å². The molecule has 40 valence electrons. The molecule has 0 rings (SSSR count). The first-order valence-electron chi connectivity index (χ1n) is 0.970. The molecular formula is H5N2P3Pt. The van der Waals surface area contributed by atoms with Gasteiger partial charge in [0, 0.05) is 21.1 Å². The number of hydrogen-bond acceptors (Lipinski definition) is 1. The van der Waals surface area contributed by atoms with Crippen molar-refractivity contribution in [3.05, 3.63) is 0 Å². The zero-order valence-corrected chi connectivity index (χ0v) is 8.34. The van der Waals surface area contributed by atoms with Gasteiger partial charge >= 0.3 is 0 Å². The summed E-state index contributed by atoms with van der Waals surface area (Å²) < 4.78 is 3.61. The van der Waals surface area contributed by atoms with E-state index in [1.54, 1.807) is 0 Å². The number of rotatable bonds is 1. The summed E-state index contributed by atoms with van der Waals surface area (Å²) in [5.74, 6) is 0. The Balaban J connectivity index is 0. The average Bonchev–Trinajstić information content (AvgIpc) is 1.41. The molecule has 0 aromatic heterocycles. The van der Waals surface area contributed by atoms with Crippen LogP contribution in [0.5, 0.6) is 0 Å². The van der Waals surface area contributed by atoms with E-state index in [2.05, 4.69) is 28.2 Å². The molecule has 0 saturated heterocycles. The molecule has 2 atom stereocenters. The summed E-state index contributed by atoms with van der Waals surface area (Å²) in [4.78, 5) is 2.72. The Morgan fingerprint density at radius 3 is 2.17 bits per heavy atom. The number of nitrogens with one attached hydrogen (secondary N) is 1. The molecule has 0 aliphatic rings. The van der Waals surface area contributed by atoms with Crippen molar-refractivity contribution < 1.29 is 21.1 Å². The van der Waals surface area contributed by atoms with E-state index >= 15 is 0 Å². The first kappa shape index (κ1) is 10.6. The maximum atomic E-state index is 3.61. The third-order valence-electron chi connectivity index (χ3n) is 0.115. The van der Waals surface area contributed by atoms with Gasteiger partial charge in [0.1, 0.15) is 0 Å². The third kappa shape index (κ3) is 9.15. The van der Waals surface area contributed by atoms with Gasteiger partial charge < -0.3 is 0 Å². The van der Waals surface area contributed by atoms with Crippen molar-refractivity contribution in [2.45, 2.75) is 0 Å². The third-order valence-corrected chi connectivity index (χ3v) is 1.04. The molecule has 0 aromatic rings. The van der Waals surface area contributed by atoms with E-state index in [1.165, 1.54) is 0 Å². The predicted molar refractivity (Wildman–Crippen MR) is 31.9 cm³/mol. The minimum absolute atomic E-state index is 0. The van der Waals surface area contributed by atoms with E-state index in [0.29, 0.717) is 0 Å². The molecule has 2 unspecified atom stereocenters. The van der Waals surface area contributed by atoms with Gasteiger partial charge in [-0.2, -0.15) is 0 Å². The molecule has 0 fully saturated rings. The van der Waals surface area contributed by atoms with E-state index < -0.39 is 0 Å². The van der Waals surface area contributed by atoms with Gasteiger partial charge in [0.25, 0.3) is 0 Å². The maximum Gasteiger partial charge on any atom is 0.0973 e. The molecule has 0 amide bonds. The van der Waals surface area contributed by atoms with Crippen molar-refractivity contribution in [1.29, 1.82) is 0 Å². The Hall–Kier alpha value is 1.61. The summed E-state index contributed by atoms with van der Waals surface area (Å²) in [6.07, 6.45) is 0. The molecule has 0 radical (unpaired) electrons. The minimum atomic E-state index is 0. The second kappa shape index (κ2) is 9.79. The first-order valence-corrected chi connectivity index (χ1v) is 2.91. The molecule has 0 spiro atoms. The van der Waals surface area contributed by atoms with Gasteiger partial charge in [0.2, 0.25) is 0 Å². The van der Waals surface area contributed by atoms with Gasteiger partial charge in [-0.15, -0.1) is 0 Å². The normalized spacial score (nSPS) is 8.33. The van der Waals surface area contributed by atoms with Crippen LogP contribution in [0.4, 0.5) is 0 Å². The molecule has 0 aliphatic carbocycles. The smallest absolute Gasteiger partial charge is 0.0973 e. The topological polar surface area (TPSA) is 24.4 Å². The Bertz CT molecular complexity index is 35.8. The molecule has 0 saturated carbocycles. The molecule has 6 heteroatoms. The summed E-state index contributed by atoms with van der Waals surface area (Å²) in [5.41, 5.74) is 0. The summed E-state index contributed by atoms with van der Waals surface area (Å²) in [5, 5.41) is 0. The number of hydrogen-bond donors (Lipinski definition) is 1. The second-order valence-corrected chi connectivity index (χ2v) is 2.50. The van der Waals surface area contributed by atoms with Crippen LogP contribution >= 0.6 is 27.3 Å². The van der Waals surface area contributed by atoms with Gasteiger partial charge in [-0.25, -0.2) is 9.37 Å². The molecule has 2 nitrogen and oxygen atoms in total. The standard InChI is InChI=1S/H5N2P3.Pt/c3-1-5-2-4;/h3-4H2,(H,1,2);. The van der Waals surface area contributed by atoms with Crippen LogP contribution in [0, 0.1) is 0 Å². The first-order chi connectivity index (χ1) is 2.41.